The Morgan fingerprint density at radius 2 is 2.05 bits per heavy atom. The summed E-state index contributed by atoms with van der Waals surface area (Å²) in [6, 6.07) is 0. The van der Waals surface area contributed by atoms with Crippen LogP contribution in [-0.4, -0.2) is 17.5 Å². The number of ether oxygens (including phenoxy) is 1. The lowest BCUT2D eigenvalue weighted by Gasteiger charge is -2.19. The van der Waals surface area contributed by atoms with Crippen LogP contribution in [0.4, 0.5) is 0 Å². The predicted molar refractivity (Wildman–Crippen MR) is 85.7 cm³/mol. The van der Waals surface area contributed by atoms with Gasteiger partial charge in [-0.05, 0) is 25.3 Å². The van der Waals surface area contributed by atoms with E-state index in [9.17, 15) is 4.79 Å². The molecule has 0 saturated carbocycles. The van der Waals surface area contributed by atoms with Crippen LogP contribution in [0, 0.1) is 12.3 Å². The van der Waals surface area contributed by atoms with Crippen molar-refractivity contribution >= 4 is 17.6 Å². The Morgan fingerprint density at radius 3 is 2.65 bits per heavy atom. The van der Waals surface area contributed by atoms with E-state index < -0.39 is 0 Å². The van der Waals surface area contributed by atoms with Crippen molar-refractivity contribution in [2.75, 3.05) is 0 Å². The average molecular weight is 297 g/mol. The number of carbonyl (C=O) groups is 1. The van der Waals surface area contributed by atoms with Crippen LogP contribution in [0.25, 0.3) is 0 Å². The van der Waals surface area contributed by atoms with E-state index in [1.54, 1.807) is 12.2 Å². The molecule has 0 saturated heterocycles. The van der Waals surface area contributed by atoms with Crippen molar-refractivity contribution in [3.8, 4) is 12.3 Å². The first kappa shape index (κ1) is 18.8. The topological polar surface area (TPSA) is 26.3 Å². The Kier molecular flexibility index (Phi) is 12.0. The molecule has 0 aliphatic rings. The molecule has 2 nitrogen and oxygen atoms in total. The van der Waals surface area contributed by atoms with Gasteiger partial charge in [-0.2, -0.15) is 0 Å². The molecule has 0 amide bonds. The van der Waals surface area contributed by atoms with Gasteiger partial charge in [0.25, 0.3) is 0 Å². The first-order chi connectivity index (χ1) is 9.61. The van der Waals surface area contributed by atoms with Gasteiger partial charge in [0.05, 0.1) is 5.38 Å². The predicted octanol–water partition coefficient (Wildman–Crippen LogP) is 4.63. The van der Waals surface area contributed by atoms with Gasteiger partial charge in [0.1, 0.15) is 6.10 Å². The van der Waals surface area contributed by atoms with Gasteiger partial charge in [0.15, 0.2) is 0 Å². The molecule has 20 heavy (non-hydrogen) atoms. The molecule has 0 aliphatic heterocycles. The van der Waals surface area contributed by atoms with E-state index in [1.807, 2.05) is 0 Å². The zero-order valence-electron chi connectivity index (χ0n) is 12.5. The van der Waals surface area contributed by atoms with Crippen LogP contribution in [-0.2, 0) is 9.53 Å². The summed E-state index contributed by atoms with van der Waals surface area (Å²) in [7, 11) is 0. The third-order valence-electron chi connectivity index (χ3n) is 2.81. The molecule has 0 aromatic rings. The van der Waals surface area contributed by atoms with E-state index in [4.69, 9.17) is 22.8 Å². The quantitative estimate of drug-likeness (QED) is 0.193. The van der Waals surface area contributed by atoms with Crippen LogP contribution in [0.2, 0.25) is 0 Å². The van der Waals surface area contributed by atoms with Gasteiger partial charge in [0, 0.05) is 13.3 Å². The molecular weight excluding hydrogens is 272 g/mol. The van der Waals surface area contributed by atoms with Crippen LogP contribution in [0.15, 0.2) is 24.3 Å². The minimum atomic E-state index is -0.334. The highest BCUT2D eigenvalue weighted by Crippen LogP contribution is 2.17. The van der Waals surface area contributed by atoms with Gasteiger partial charge in [0.2, 0.25) is 0 Å². The fourth-order valence-electron chi connectivity index (χ4n) is 1.76. The minimum absolute atomic E-state index is 0.233. The molecule has 0 rings (SSSR count). The molecule has 0 aromatic heterocycles. The Bertz CT molecular complexity index is 352. The standard InChI is InChI=1S/C17H25ClO2/c1-4-6-8-9-10-12-13-16(18)17(20-15(3)19)14-11-7-5-2/h2,7,10-12,16-17H,4,6,8-9,13-14H2,1,3H3. The number of carbonyl (C=O) groups excluding carboxylic acids is 1. The zero-order chi connectivity index (χ0) is 15.2. The number of alkyl halides is 1. The maximum Gasteiger partial charge on any atom is 0.302 e. The molecule has 2 unspecified atom stereocenters. The van der Waals surface area contributed by atoms with Crippen molar-refractivity contribution in [1.82, 2.24) is 0 Å². The number of esters is 1. The molecule has 0 spiro atoms. The highest BCUT2D eigenvalue weighted by atomic mass is 35.5. The first-order valence-electron chi connectivity index (χ1n) is 7.19. The SMILES string of the molecule is C#CC=CCC(OC(C)=O)C(Cl)CC=CCCCCC. The maximum atomic E-state index is 11.1. The number of unbranched alkanes of at least 4 members (excludes halogenated alkanes) is 3. The summed E-state index contributed by atoms with van der Waals surface area (Å²) in [6.07, 6.45) is 18.4. The van der Waals surface area contributed by atoms with E-state index in [0.717, 1.165) is 6.42 Å². The minimum Gasteiger partial charge on any atom is -0.461 e. The van der Waals surface area contributed by atoms with E-state index in [0.29, 0.717) is 12.8 Å². The summed E-state index contributed by atoms with van der Waals surface area (Å²) >= 11 is 6.30. The lowest BCUT2D eigenvalue weighted by Crippen LogP contribution is -2.26. The Labute approximate surface area is 128 Å². The largest absolute Gasteiger partial charge is 0.461 e. The van der Waals surface area contributed by atoms with Crippen LogP contribution < -0.4 is 0 Å². The van der Waals surface area contributed by atoms with Crippen molar-refractivity contribution in [2.24, 2.45) is 0 Å². The summed E-state index contributed by atoms with van der Waals surface area (Å²) in [4.78, 5) is 11.1. The Morgan fingerprint density at radius 1 is 1.30 bits per heavy atom. The monoisotopic (exact) mass is 296 g/mol. The third-order valence-corrected chi connectivity index (χ3v) is 3.26. The summed E-state index contributed by atoms with van der Waals surface area (Å²) in [5.74, 6) is 2.09. The number of hydrogen-bond donors (Lipinski definition) is 0. The lowest BCUT2D eigenvalue weighted by atomic mass is 10.1. The molecule has 0 aliphatic carbocycles. The number of hydrogen-bond acceptors (Lipinski definition) is 2. The second-order valence-corrected chi connectivity index (χ2v) is 5.23. The molecule has 112 valence electrons. The maximum absolute atomic E-state index is 11.1. The van der Waals surface area contributed by atoms with E-state index in [-0.39, 0.29) is 17.5 Å². The van der Waals surface area contributed by atoms with Crippen LogP contribution in [0.5, 0.6) is 0 Å². The van der Waals surface area contributed by atoms with Crippen molar-refractivity contribution in [1.29, 1.82) is 0 Å². The molecule has 0 aromatic carbocycles. The molecule has 0 bridgehead atoms. The van der Waals surface area contributed by atoms with Crippen molar-refractivity contribution in [2.45, 2.75) is 63.9 Å². The van der Waals surface area contributed by atoms with Gasteiger partial charge in [-0.3, -0.25) is 4.79 Å². The number of rotatable bonds is 10. The third kappa shape index (κ3) is 10.7. The fourth-order valence-corrected chi connectivity index (χ4v) is 2.02. The van der Waals surface area contributed by atoms with Crippen molar-refractivity contribution in [3.05, 3.63) is 24.3 Å². The summed E-state index contributed by atoms with van der Waals surface area (Å²) < 4.78 is 5.23. The fraction of sp³-hybridized carbons (Fsp3) is 0.588. The van der Waals surface area contributed by atoms with Crippen molar-refractivity contribution < 1.29 is 9.53 Å². The van der Waals surface area contributed by atoms with Gasteiger partial charge < -0.3 is 4.74 Å². The Balaban J connectivity index is 4.18. The number of halogens is 1. The average Bonchev–Trinajstić information content (AvgIpc) is 2.41. The smallest absolute Gasteiger partial charge is 0.302 e. The van der Waals surface area contributed by atoms with E-state index >= 15 is 0 Å². The lowest BCUT2D eigenvalue weighted by molar-refractivity contribution is -0.146. The van der Waals surface area contributed by atoms with Gasteiger partial charge in [-0.1, -0.05) is 43.9 Å². The van der Waals surface area contributed by atoms with Gasteiger partial charge in [-0.15, -0.1) is 18.0 Å². The second-order valence-electron chi connectivity index (χ2n) is 4.67. The van der Waals surface area contributed by atoms with E-state index in [2.05, 4.69) is 25.0 Å². The highest BCUT2D eigenvalue weighted by Gasteiger charge is 2.19. The van der Waals surface area contributed by atoms with Crippen LogP contribution >= 0.6 is 11.6 Å². The first-order valence-corrected chi connectivity index (χ1v) is 7.62. The summed E-state index contributed by atoms with van der Waals surface area (Å²) in [6.45, 7) is 3.58. The number of terminal acetylenes is 1. The molecule has 0 N–H and O–H groups in total. The molecule has 0 fully saturated rings. The Hall–Kier alpha value is -1.20. The highest BCUT2D eigenvalue weighted by molar-refractivity contribution is 6.21. The zero-order valence-corrected chi connectivity index (χ0v) is 13.2. The van der Waals surface area contributed by atoms with Gasteiger partial charge in [-0.25, -0.2) is 0 Å². The second kappa shape index (κ2) is 12.8. The van der Waals surface area contributed by atoms with Crippen LogP contribution in [0.1, 0.15) is 52.4 Å². The normalized spacial score (nSPS) is 14.3. The molecule has 3 heteroatoms. The molecule has 0 heterocycles. The molecular formula is C17H25ClO2. The van der Waals surface area contributed by atoms with Crippen LogP contribution in [0.3, 0.4) is 0 Å². The van der Waals surface area contributed by atoms with Gasteiger partial charge >= 0.3 is 5.97 Å². The van der Waals surface area contributed by atoms with E-state index in [1.165, 1.54) is 26.2 Å². The summed E-state index contributed by atoms with van der Waals surface area (Å²) in [5, 5.41) is -0.233. The molecule has 2 atom stereocenters. The van der Waals surface area contributed by atoms with Crippen molar-refractivity contribution in [3.63, 3.8) is 0 Å². The molecule has 0 radical (unpaired) electrons. The summed E-state index contributed by atoms with van der Waals surface area (Å²) in [5.41, 5.74) is 0. The number of allylic oxidation sites excluding steroid dienone is 3.